The highest BCUT2D eigenvalue weighted by molar-refractivity contribution is 7.09. The summed E-state index contributed by atoms with van der Waals surface area (Å²) in [5.41, 5.74) is 0.964. The lowest BCUT2D eigenvalue weighted by atomic mass is 9.84. The minimum absolute atomic E-state index is 0.653. The SMILES string of the molecule is CC(NCCc1nc(-c2ccco2)cs1)C1CC2CCC1C2. The molecule has 2 aromatic heterocycles. The van der Waals surface area contributed by atoms with Crippen molar-refractivity contribution in [3.63, 3.8) is 0 Å². The van der Waals surface area contributed by atoms with Crippen molar-refractivity contribution in [1.82, 2.24) is 10.3 Å². The molecule has 4 atom stereocenters. The molecule has 22 heavy (non-hydrogen) atoms. The molecule has 2 heterocycles. The van der Waals surface area contributed by atoms with Gasteiger partial charge in [0.15, 0.2) is 5.76 Å². The number of fused-ring (bicyclic) bond motifs is 2. The Morgan fingerprint density at radius 1 is 1.41 bits per heavy atom. The summed E-state index contributed by atoms with van der Waals surface area (Å²) in [5, 5.41) is 7.03. The number of aromatic nitrogens is 1. The van der Waals surface area contributed by atoms with Crippen LogP contribution in [-0.4, -0.2) is 17.6 Å². The van der Waals surface area contributed by atoms with Crippen LogP contribution in [0.15, 0.2) is 28.2 Å². The number of thiazole rings is 1. The second-order valence-electron chi connectivity index (χ2n) is 6.94. The van der Waals surface area contributed by atoms with Gasteiger partial charge in [-0.2, -0.15) is 0 Å². The van der Waals surface area contributed by atoms with E-state index in [1.54, 1.807) is 17.6 Å². The summed E-state index contributed by atoms with van der Waals surface area (Å²) in [4.78, 5) is 4.67. The van der Waals surface area contributed by atoms with E-state index in [-0.39, 0.29) is 0 Å². The third-order valence-corrected chi connectivity index (χ3v) is 6.47. The summed E-state index contributed by atoms with van der Waals surface area (Å²) < 4.78 is 5.40. The van der Waals surface area contributed by atoms with Gasteiger partial charge in [0.05, 0.1) is 11.3 Å². The molecule has 2 fully saturated rings. The number of rotatable bonds is 6. The molecule has 2 bridgehead atoms. The van der Waals surface area contributed by atoms with Crippen molar-refractivity contribution >= 4 is 11.3 Å². The van der Waals surface area contributed by atoms with Crippen LogP contribution in [-0.2, 0) is 6.42 Å². The summed E-state index contributed by atoms with van der Waals surface area (Å²) in [7, 11) is 0. The van der Waals surface area contributed by atoms with Crippen molar-refractivity contribution in [1.29, 1.82) is 0 Å². The molecule has 3 nitrogen and oxygen atoms in total. The molecule has 118 valence electrons. The zero-order chi connectivity index (χ0) is 14.9. The minimum atomic E-state index is 0.653. The van der Waals surface area contributed by atoms with Crippen LogP contribution in [0.1, 0.15) is 37.6 Å². The van der Waals surface area contributed by atoms with Gasteiger partial charge in [0.2, 0.25) is 0 Å². The van der Waals surface area contributed by atoms with Crippen molar-refractivity contribution in [2.24, 2.45) is 17.8 Å². The van der Waals surface area contributed by atoms with E-state index in [1.165, 1.54) is 30.7 Å². The Morgan fingerprint density at radius 3 is 3.09 bits per heavy atom. The van der Waals surface area contributed by atoms with Crippen LogP contribution < -0.4 is 5.32 Å². The van der Waals surface area contributed by atoms with Crippen LogP contribution in [0.4, 0.5) is 0 Å². The normalized spacial score (nSPS) is 28.3. The van der Waals surface area contributed by atoms with Crippen LogP contribution in [0.5, 0.6) is 0 Å². The Morgan fingerprint density at radius 2 is 2.36 bits per heavy atom. The Bertz CT molecular complexity index is 606. The van der Waals surface area contributed by atoms with Gasteiger partial charge in [0, 0.05) is 24.4 Å². The lowest BCUT2D eigenvalue weighted by Gasteiger charge is -2.28. The van der Waals surface area contributed by atoms with E-state index in [1.807, 2.05) is 12.1 Å². The van der Waals surface area contributed by atoms with Gasteiger partial charge in [-0.1, -0.05) is 6.42 Å². The minimum Gasteiger partial charge on any atom is -0.463 e. The zero-order valence-corrected chi connectivity index (χ0v) is 13.9. The third-order valence-electron chi connectivity index (χ3n) is 5.57. The second kappa shape index (κ2) is 6.17. The summed E-state index contributed by atoms with van der Waals surface area (Å²) >= 11 is 1.73. The van der Waals surface area contributed by atoms with Crippen molar-refractivity contribution in [2.45, 2.75) is 45.1 Å². The highest BCUT2D eigenvalue weighted by Crippen LogP contribution is 2.49. The molecular weight excluding hydrogens is 292 g/mol. The molecule has 0 radical (unpaired) electrons. The van der Waals surface area contributed by atoms with Crippen LogP contribution in [0, 0.1) is 17.8 Å². The topological polar surface area (TPSA) is 38.1 Å². The third kappa shape index (κ3) is 2.86. The summed E-state index contributed by atoms with van der Waals surface area (Å²) in [6, 6.07) is 4.53. The summed E-state index contributed by atoms with van der Waals surface area (Å²) in [6.07, 6.45) is 8.63. The van der Waals surface area contributed by atoms with Gasteiger partial charge in [-0.25, -0.2) is 4.98 Å². The number of hydrogen-bond acceptors (Lipinski definition) is 4. The monoisotopic (exact) mass is 316 g/mol. The molecule has 4 unspecified atom stereocenters. The van der Waals surface area contributed by atoms with E-state index in [9.17, 15) is 0 Å². The van der Waals surface area contributed by atoms with Gasteiger partial charge in [-0.05, 0) is 56.1 Å². The van der Waals surface area contributed by atoms with E-state index in [0.29, 0.717) is 6.04 Å². The Labute approximate surface area is 136 Å². The quantitative estimate of drug-likeness (QED) is 0.860. The maximum atomic E-state index is 5.40. The Kier molecular flexibility index (Phi) is 4.05. The predicted octanol–water partition coefficient (Wildman–Crippen LogP) is 4.36. The summed E-state index contributed by atoms with van der Waals surface area (Å²) in [5.74, 6) is 3.81. The Balaban J connectivity index is 1.27. The molecule has 0 amide bonds. The van der Waals surface area contributed by atoms with E-state index < -0.39 is 0 Å². The van der Waals surface area contributed by atoms with Crippen molar-refractivity contribution < 1.29 is 4.42 Å². The standard InChI is InChI=1S/C18H24N2OS/c1-12(15-10-13-4-5-14(15)9-13)19-7-6-18-20-16(11-22-18)17-3-2-8-21-17/h2-3,8,11-15,19H,4-7,9-10H2,1H3. The molecule has 2 aromatic rings. The van der Waals surface area contributed by atoms with Crippen LogP contribution >= 0.6 is 11.3 Å². The molecule has 2 aliphatic carbocycles. The van der Waals surface area contributed by atoms with Crippen LogP contribution in [0.2, 0.25) is 0 Å². The second-order valence-corrected chi connectivity index (χ2v) is 7.88. The molecule has 0 aromatic carbocycles. The van der Waals surface area contributed by atoms with Crippen LogP contribution in [0.3, 0.4) is 0 Å². The number of hydrogen-bond donors (Lipinski definition) is 1. The fraction of sp³-hybridized carbons (Fsp3) is 0.611. The maximum Gasteiger partial charge on any atom is 0.153 e. The molecule has 0 aliphatic heterocycles. The fourth-order valence-corrected chi connectivity index (χ4v) is 5.22. The van der Waals surface area contributed by atoms with Gasteiger partial charge in [0.1, 0.15) is 5.69 Å². The van der Waals surface area contributed by atoms with Crippen LogP contribution in [0.25, 0.3) is 11.5 Å². The molecule has 0 saturated heterocycles. The van der Waals surface area contributed by atoms with E-state index in [4.69, 9.17) is 4.42 Å². The van der Waals surface area contributed by atoms with E-state index in [0.717, 1.165) is 42.2 Å². The lowest BCUT2D eigenvalue weighted by Crippen LogP contribution is -2.37. The molecule has 1 N–H and O–H groups in total. The van der Waals surface area contributed by atoms with E-state index in [2.05, 4.69) is 22.6 Å². The maximum absolute atomic E-state index is 5.40. The first kappa shape index (κ1) is 14.5. The number of furan rings is 1. The highest BCUT2D eigenvalue weighted by atomic mass is 32.1. The first-order valence-corrected chi connectivity index (χ1v) is 9.39. The average Bonchev–Trinajstić information content (AvgIpc) is 3.29. The number of nitrogens with zero attached hydrogens (tertiary/aromatic N) is 1. The largest absolute Gasteiger partial charge is 0.463 e. The van der Waals surface area contributed by atoms with E-state index >= 15 is 0 Å². The lowest BCUT2D eigenvalue weighted by molar-refractivity contribution is 0.261. The predicted molar refractivity (Wildman–Crippen MR) is 89.9 cm³/mol. The highest BCUT2D eigenvalue weighted by Gasteiger charge is 2.41. The molecule has 4 rings (SSSR count). The van der Waals surface area contributed by atoms with Gasteiger partial charge < -0.3 is 9.73 Å². The molecular formula is C18H24N2OS. The fourth-order valence-electron chi connectivity index (χ4n) is 4.43. The molecule has 0 spiro atoms. The first-order chi connectivity index (χ1) is 10.8. The zero-order valence-electron chi connectivity index (χ0n) is 13.1. The van der Waals surface area contributed by atoms with Gasteiger partial charge in [-0.15, -0.1) is 11.3 Å². The smallest absolute Gasteiger partial charge is 0.153 e. The molecule has 2 aliphatic rings. The number of nitrogens with one attached hydrogen (secondary N) is 1. The van der Waals surface area contributed by atoms with Crippen molar-refractivity contribution in [3.8, 4) is 11.5 Å². The van der Waals surface area contributed by atoms with Crippen molar-refractivity contribution in [2.75, 3.05) is 6.54 Å². The van der Waals surface area contributed by atoms with Crippen molar-refractivity contribution in [3.05, 3.63) is 28.8 Å². The van der Waals surface area contributed by atoms with Gasteiger partial charge >= 0.3 is 0 Å². The molecule has 2 saturated carbocycles. The Hall–Kier alpha value is -1.13. The van der Waals surface area contributed by atoms with Gasteiger partial charge in [0.25, 0.3) is 0 Å². The average molecular weight is 316 g/mol. The summed E-state index contributed by atoms with van der Waals surface area (Å²) in [6.45, 7) is 3.40. The first-order valence-electron chi connectivity index (χ1n) is 8.51. The van der Waals surface area contributed by atoms with Gasteiger partial charge in [-0.3, -0.25) is 0 Å². The molecule has 4 heteroatoms.